The van der Waals surface area contributed by atoms with Crippen molar-refractivity contribution in [1.82, 2.24) is 19.9 Å². The number of aromatic nitrogens is 4. The van der Waals surface area contributed by atoms with E-state index in [9.17, 15) is 8.78 Å². The van der Waals surface area contributed by atoms with Crippen LogP contribution in [0.25, 0.3) is 11.4 Å². The van der Waals surface area contributed by atoms with Crippen molar-refractivity contribution in [3.63, 3.8) is 0 Å². The van der Waals surface area contributed by atoms with E-state index in [1.54, 1.807) is 24.3 Å². The van der Waals surface area contributed by atoms with Crippen molar-refractivity contribution in [1.29, 1.82) is 0 Å². The lowest BCUT2D eigenvalue weighted by atomic mass is 10.2. The number of nitrogen functional groups attached to an aromatic ring is 1. The van der Waals surface area contributed by atoms with Gasteiger partial charge in [0.15, 0.2) is 5.82 Å². The molecular weight excluding hydrogens is 416 g/mol. The lowest BCUT2D eigenvalue weighted by Crippen LogP contribution is -2.11. The first-order valence-corrected chi connectivity index (χ1v) is 10.4. The molecule has 0 spiro atoms. The number of hydrogen-bond acceptors (Lipinski definition) is 7. The smallest absolute Gasteiger partial charge is 0.210 e. The molecule has 0 saturated heterocycles. The van der Waals surface area contributed by atoms with Crippen LogP contribution in [0.1, 0.15) is 10.7 Å². The highest BCUT2D eigenvalue weighted by atomic mass is 32.2. The summed E-state index contributed by atoms with van der Waals surface area (Å²) >= 11 is 2.88. The summed E-state index contributed by atoms with van der Waals surface area (Å²) < 4.78 is 33.0. The van der Waals surface area contributed by atoms with Gasteiger partial charge in [0.05, 0.1) is 5.69 Å². The van der Waals surface area contributed by atoms with Crippen molar-refractivity contribution < 1.29 is 13.5 Å². The molecule has 0 radical (unpaired) electrons. The van der Waals surface area contributed by atoms with E-state index >= 15 is 0 Å². The topological polar surface area (TPSA) is 78.9 Å². The molecule has 2 N–H and O–H groups in total. The molecule has 0 aliphatic carbocycles. The minimum absolute atomic E-state index is 0.304. The lowest BCUT2D eigenvalue weighted by molar-refractivity contribution is 0.305. The minimum atomic E-state index is -0.325. The Morgan fingerprint density at radius 1 is 1.00 bits per heavy atom. The number of thiazole rings is 1. The SMILES string of the molecule is Nn1c(SCc2csc(COc3ccc(F)cc3)n2)nnc1-c1ccc(F)cc1. The number of benzene rings is 2. The van der Waals surface area contributed by atoms with Crippen LogP contribution in [0.2, 0.25) is 0 Å². The van der Waals surface area contributed by atoms with E-state index in [4.69, 9.17) is 10.6 Å². The first-order chi connectivity index (χ1) is 14.1. The predicted molar refractivity (Wildman–Crippen MR) is 108 cm³/mol. The van der Waals surface area contributed by atoms with Crippen molar-refractivity contribution in [3.05, 3.63) is 76.2 Å². The van der Waals surface area contributed by atoms with Gasteiger partial charge < -0.3 is 10.6 Å². The normalized spacial score (nSPS) is 11.0. The van der Waals surface area contributed by atoms with E-state index in [1.807, 2.05) is 5.38 Å². The van der Waals surface area contributed by atoms with Gasteiger partial charge in [0.25, 0.3) is 0 Å². The van der Waals surface area contributed by atoms with E-state index in [2.05, 4.69) is 15.2 Å². The molecule has 0 amide bonds. The van der Waals surface area contributed by atoms with Gasteiger partial charge in [-0.25, -0.2) is 18.4 Å². The van der Waals surface area contributed by atoms with Gasteiger partial charge in [-0.2, -0.15) is 0 Å². The Kier molecular flexibility index (Phi) is 5.72. The van der Waals surface area contributed by atoms with Gasteiger partial charge in [0.2, 0.25) is 5.16 Å². The molecule has 0 aliphatic rings. The van der Waals surface area contributed by atoms with Crippen LogP contribution in [0.15, 0.2) is 59.1 Å². The minimum Gasteiger partial charge on any atom is -0.486 e. The van der Waals surface area contributed by atoms with E-state index in [-0.39, 0.29) is 11.6 Å². The Morgan fingerprint density at radius 3 is 2.41 bits per heavy atom. The fraction of sp³-hybridized carbons (Fsp3) is 0.105. The average molecular weight is 431 g/mol. The standard InChI is InChI=1S/C19H15F2N5OS2/c20-13-3-1-12(2-4-13)18-24-25-19(26(18)22)29-11-15-10-28-17(23-15)9-27-16-7-5-14(21)6-8-16/h1-8,10H,9,11,22H2. The van der Waals surface area contributed by atoms with Crippen LogP contribution in [0.5, 0.6) is 5.75 Å². The summed E-state index contributed by atoms with van der Waals surface area (Å²) in [5, 5.41) is 11.5. The van der Waals surface area contributed by atoms with E-state index in [0.717, 1.165) is 10.7 Å². The maximum Gasteiger partial charge on any atom is 0.210 e. The number of ether oxygens (including phenoxy) is 1. The van der Waals surface area contributed by atoms with E-state index in [0.29, 0.717) is 34.7 Å². The molecule has 148 valence electrons. The van der Waals surface area contributed by atoms with Gasteiger partial charge in [0.1, 0.15) is 29.0 Å². The van der Waals surface area contributed by atoms with Gasteiger partial charge in [-0.15, -0.1) is 21.5 Å². The number of thioether (sulfide) groups is 1. The summed E-state index contributed by atoms with van der Waals surface area (Å²) in [4.78, 5) is 4.52. The Balaban J connectivity index is 1.35. The molecule has 0 saturated carbocycles. The highest BCUT2D eigenvalue weighted by Gasteiger charge is 2.13. The number of hydrogen-bond donors (Lipinski definition) is 1. The second-order valence-electron chi connectivity index (χ2n) is 5.95. The van der Waals surface area contributed by atoms with Crippen LogP contribution >= 0.6 is 23.1 Å². The van der Waals surface area contributed by atoms with Crippen molar-refractivity contribution in [3.8, 4) is 17.1 Å². The number of halogens is 2. The van der Waals surface area contributed by atoms with Gasteiger partial charge in [-0.3, -0.25) is 0 Å². The Bertz CT molecular complexity index is 1100. The van der Waals surface area contributed by atoms with Crippen LogP contribution in [-0.4, -0.2) is 19.9 Å². The maximum atomic E-state index is 13.1. The summed E-state index contributed by atoms with van der Waals surface area (Å²) in [6.07, 6.45) is 0. The predicted octanol–water partition coefficient (Wildman–Crippen LogP) is 4.26. The van der Waals surface area contributed by atoms with Crippen LogP contribution in [0.4, 0.5) is 8.78 Å². The maximum absolute atomic E-state index is 13.1. The van der Waals surface area contributed by atoms with Gasteiger partial charge in [-0.1, -0.05) is 11.8 Å². The number of nitrogens with zero attached hydrogens (tertiary/aromatic N) is 4. The molecule has 29 heavy (non-hydrogen) atoms. The average Bonchev–Trinajstić information content (AvgIpc) is 3.33. The zero-order valence-electron chi connectivity index (χ0n) is 15.0. The molecule has 4 rings (SSSR count). The van der Waals surface area contributed by atoms with Crippen LogP contribution < -0.4 is 10.6 Å². The summed E-state index contributed by atoms with van der Waals surface area (Å²) in [5.74, 6) is 7.05. The molecule has 0 atom stereocenters. The largest absolute Gasteiger partial charge is 0.486 e. The van der Waals surface area contributed by atoms with Crippen molar-refractivity contribution in [2.45, 2.75) is 17.5 Å². The molecule has 10 heteroatoms. The fourth-order valence-electron chi connectivity index (χ4n) is 2.47. The molecule has 0 aliphatic heterocycles. The Labute approximate surface area is 173 Å². The quantitative estimate of drug-likeness (QED) is 0.348. The molecule has 4 aromatic rings. The van der Waals surface area contributed by atoms with E-state index in [1.165, 1.54) is 52.0 Å². The third kappa shape index (κ3) is 4.72. The molecule has 6 nitrogen and oxygen atoms in total. The second kappa shape index (κ2) is 8.58. The molecule has 0 fully saturated rings. The lowest BCUT2D eigenvalue weighted by Gasteiger charge is -2.03. The van der Waals surface area contributed by atoms with Crippen molar-refractivity contribution in [2.75, 3.05) is 5.84 Å². The molecule has 0 unspecified atom stereocenters. The zero-order valence-corrected chi connectivity index (χ0v) is 16.6. The van der Waals surface area contributed by atoms with Crippen LogP contribution in [0, 0.1) is 11.6 Å². The van der Waals surface area contributed by atoms with Gasteiger partial charge in [-0.05, 0) is 48.5 Å². The third-order valence-electron chi connectivity index (χ3n) is 3.89. The van der Waals surface area contributed by atoms with Crippen LogP contribution in [-0.2, 0) is 12.4 Å². The monoisotopic (exact) mass is 431 g/mol. The number of nitrogens with two attached hydrogens (primary N) is 1. The zero-order chi connectivity index (χ0) is 20.2. The molecule has 2 heterocycles. The summed E-state index contributed by atoms with van der Waals surface area (Å²) in [6.45, 7) is 0.308. The Morgan fingerprint density at radius 2 is 1.69 bits per heavy atom. The van der Waals surface area contributed by atoms with Crippen molar-refractivity contribution >= 4 is 23.1 Å². The summed E-state index contributed by atoms with van der Waals surface area (Å²) in [5.41, 5.74) is 1.55. The van der Waals surface area contributed by atoms with Crippen molar-refractivity contribution in [2.24, 2.45) is 0 Å². The molecular formula is C19H15F2N5OS2. The first-order valence-electron chi connectivity index (χ1n) is 8.49. The highest BCUT2D eigenvalue weighted by Crippen LogP contribution is 2.25. The molecule has 2 aromatic heterocycles. The number of rotatable bonds is 7. The fourth-order valence-corrected chi connectivity index (χ4v) is 4.03. The van der Waals surface area contributed by atoms with Crippen LogP contribution in [0.3, 0.4) is 0 Å². The highest BCUT2D eigenvalue weighted by molar-refractivity contribution is 7.98. The summed E-state index contributed by atoms with van der Waals surface area (Å²) in [6, 6.07) is 11.8. The summed E-state index contributed by atoms with van der Waals surface area (Å²) in [7, 11) is 0. The molecule has 0 bridgehead atoms. The van der Waals surface area contributed by atoms with Gasteiger partial charge in [0, 0.05) is 16.7 Å². The van der Waals surface area contributed by atoms with E-state index < -0.39 is 0 Å². The Hall–Kier alpha value is -2.98. The molecule has 2 aromatic carbocycles. The van der Waals surface area contributed by atoms with Gasteiger partial charge >= 0.3 is 0 Å². The first kappa shape index (κ1) is 19.3. The third-order valence-corrected chi connectivity index (χ3v) is 5.74. The second-order valence-corrected chi connectivity index (χ2v) is 7.83.